The van der Waals surface area contributed by atoms with E-state index in [1.54, 1.807) is 0 Å². The fourth-order valence-corrected chi connectivity index (χ4v) is 4.16. The average molecular weight is 333 g/mol. The van der Waals surface area contributed by atoms with Crippen molar-refractivity contribution in [2.24, 2.45) is 0 Å². The van der Waals surface area contributed by atoms with Gasteiger partial charge in [0.25, 0.3) is 0 Å². The van der Waals surface area contributed by atoms with Gasteiger partial charge in [-0.25, -0.2) is 0 Å². The SMILES string of the molecule is c1cncc([I-]c2cccc3ncccc23)c1. The molecule has 0 unspecified atom stereocenters. The Balaban J connectivity index is 2.06. The molecular formula is C14H10IN2-. The van der Waals surface area contributed by atoms with Crippen molar-refractivity contribution in [1.82, 2.24) is 9.97 Å². The zero-order valence-electron chi connectivity index (χ0n) is 9.05. The summed E-state index contributed by atoms with van der Waals surface area (Å²) in [5.41, 5.74) is 1.08. The van der Waals surface area contributed by atoms with Crippen molar-refractivity contribution in [2.75, 3.05) is 0 Å². The topological polar surface area (TPSA) is 25.8 Å². The van der Waals surface area contributed by atoms with E-state index in [9.17, 15) is 0 Å². The number of benzene rings is 1. The number of aromatic nitrogens is 2. The van der Waals surface area contributed by atoms with Crippen LogP contribution in [0.2, 0.25) is 0 Å². The van der Waals surface area contributed by atoms with E-state index in [4.69, 9.17) is 0 Å². The summed E-state index contributed by atoms with van der Waals surface area (Å²) in [6, 6.07) is 14.6. The molecule has 0 saturated heterocycles. The Morgan fingerprint density at radius 3 is 2.71 bits per heavy atom. The van der Waals surface area contributed by atoms with Gasteiger partial charge in [0.15, 0.2) is 0 Å². The van der Waals surface area contributed by atoms with Gasteiger partial charge in [0, 0.05) is 0 Å². The Kier molecular flexibility index (Phi) is 3.00. The first-order valence-corrected chi connectivity index (χ1v) is 7.48. The predicted molar refractivity (Wildman–Crippen MR) is 63.4 cm³/mol. The monoisotopic (exact) mass is 333 g/mol. The van der Waals surface area contributed by atoms with Gasteiger partial charge in [0.1, 0.15) is 0 Å². The van der Waals surface area contributed by atoms with E-state index in [0.29, 0.717) is 0 Å². The first-order valence-electron chi connectivity index (χ1n) is 5.32. The maximum absolute atomic E-state index is 4.39. The number of hydrogen-bond acceptors (Lipinski definition) is 2. The van der Waals surface area contributed by atoms with E-state index < -0.39 is 0 Å². The van der Waals surface area contributed by atoms with E-state index in [1.165, 1.54) is 12.5 Å². The summed E-state index contributed by atoms with van der Waals surface area (Å²) in [5.74, 6) is 0. The van der Waals surface area contributed by atoms with Crippen LogP contribution in [0.15, 0.2) is 61.1 Å². The van der Waals surface area contributed by atoms with Crippen LogP contribution in [0.3, 0.4) is 0 Å². The van der Waals surface area contributed by atoms with E-state index >= 15 is 0 Å². The molecule has 0 saturated carbocycles. The second kappa shape index (κ2) is 4.79. The molecule has 0 aliphatic heterocycles. The second-order valence-electron chi connectivity index (χ2n) is 3.58. The van der Waals surface area contributed by atoms with Gasteiger partial charge in [0.2, 0.25) is 0 Å². The van der Waals surface area contributed by atoms with Crippen molar-refractivity contribution in [3.05, 3.63) is 68.2 Å². The molecule has 0 radical (unpaired) electrons. The summed E-state index contributed by atoms with van der Waals surface area (Å²) >= 11 is -0.176. The van der Waals surface area contributed by atoms with Crippen LogP contribution in [-0.4, -0.2) is 9.97 Å². The predicted octanol–water partition coefficient (Wildman–Crippen LogP) is -0.242. The molecule has 84 valence electrons. The summed E-state index contributed by atoms with van der Waals surface area (Å²) in [4.78, 5) is 8.56. The molecule has 0 amide bonds. The molecule has 2 heterocycles. The summed E-state index contributed by atoms with van der Waals surface area (Å²) in [5, 5.41) is 1.27. The fraction of sp³-hybridized carbons (Fsp3) is 0. The first-order chi connectivity index (χ1) is 8.43. The number of pyridine rings is 2. The van der Waals surface area contributed by atoms with Crippen molar-refractivity contribution in [3.8, 4) is 0 Å². The third kappa shape index (κ3) is 2.29. The molecule has 3 heteroatoms. The number of nitrogens with zero attached hydrogens (tertiary/aromatic N) is 2. The van der Waals surface area contributed by atoms with E-state index in [-0.39, 0.29) is 21.2 Å². The van der Waals surface area contributed by atoms with Gasteiger partial charge in [-0.05, 0) is 0 Å². The molecule has 17 heavy (non-hydrogen) atoms. The Bertz CT molecular complexity index is 633. The summed E-state index contributed by atoms with van der Waals surface area (Å²) in [6.07, 6.45) is 5.62. The summed E-state index contributed by atoms with van der Waals surface area (Å²) in [7, 11) is 0. The van der Waals surface area contributed by atoms with E-state index in [1.807, 2.05) is 30.7 Å². The van der Waals surface area contributed by atoms with Gasteiger partial charge in [0.05, 0.1) is 0 Å². The fourth-order valence-electron chi connectivity index (χ4n) is 1.66. The minimum atomic E-state index is -0.176. The molecule has 0 bridgehead atoms. The normalized spacial score (nSPS) is 10.8. The molecule has 2 nitrogen and oxygen atoms in total. The Morgan fingerprint density at radius 1 is 0.882 bits per heavy atom. The van der Waals surface area contributed by atoms with Crippen LogP contribution in [0, 0.1) is 7.14 Å². The van der Waals surface area contributed by atoms with Crippen LogP contribution in [0.4, 0.5) is 0 Å². The van der Waals surface area contributed by atoms with Crippen molar-refractivity contribution in [1.29, 1.82) is 0 Å². The summed E-state index contributed by atoms with van der Waals surface area (Å²) < 4.78 is 2.74. The van der Waals surface area contributed by atoms with Crippen molar-refractivity contribution in [3.63, 3.8) is 0 Å². The number of halogens is 1. The molecular weight excluding hydrogens is 323 g/mol. The van der Waals surface area contributed by atoms with Gasteiger partial charge < -0.3 is 0 Å². The Morgan fingerprint density at radius 2 is 1.82 bits per heavy atom. The van der Waals surface area contributed by atoms with Crippen LogP contribution in [-0.2, 0) is 0 Å². The molecule has 0 fully saturated rings. The zero-order chi connectivity index (χ0) is 11.5. The second-order valence-corrected chi connectivity index (χ2v) is 6.52. The van der Waals surface area contributed by atoms with Crippen molar-refractivity contribution in [2.45, 2.75) is 0 Å². The van der Waals surface area contributed by atoms with Gasteiger partial charge >= 0.3 is 110 Å². The van der Waals surface area contributed by atoms with Crippen LogP contribution in [0.5, 0.6) is 0 Å². The van der Waals surface area contributed by atoms with Crippen LogP contribution >= 0.6 is 0 Å². The molecule has 1 aromatic carbocycles. The average Bonchev–Trinajstić information content (AvgIpc) is 2.40. The number of rotatable bonds is 2. The number of hydrogen-bond donors (Lipinski definition) is 0. The third-order valence-corrected chi connectivity index (χ3v) is 5.21. The molecule has 0 atom stereocenters. The molecule has 3 rings (SSSR count). The maximum atomic E-state index is 4.39. The van der Waals surface area contributed by atoms with E-state index in [0.717, 1.165) is 5.52 Å². The third-order valence-electron chi connectivity index (χ3n) is 2.43. The molecule has 0 aliphatic rings. The minimum absolute atomic E-state index is 0.176. The van der Waals surface area contributed by atoms with Crippen molar-refractivity contribution >= 4 is 10.9 Å². The Hall–Kier alpha value is -1.49. The van der Waals surface area contributed by atoms with Gasteiger partial charge in [-0.1, -0.05) is 0 Å². The molecule has 0 N–H and O–H groups in total. The Labute approximate surface area is 110 Å². The van der Waals surface area contributed by atoms with E-state index in [2.05, 4.69) is 40.3 Å². The quantitative estimate of drug-likeness (QED) is 0.605. The van der Waals surface area contributed by atoms with Crippen molar-refractivity contribution < 1.29 is 21.2 Å². The molecule has 2 aromatic heterocycles. The van der Waals surface area contributed by atoms with Gasteiger partial charge in [-0.15, -0.1) is 0 Å². The molecule has 0 spiro atoms. The van der Waals surface area contributed by atoms with Gasteiger partial charge in [-0.2, -0.15) is 0 Å². The summed E-state index contributed by atoms with van der Waals surface area (Å²) in [6.45, 7) is 0. The zero-order valence-corrected chi connectivity index (χ0v) is 11.2. The first kappa shape index (κ1) is 10.7. The van der Waals surface area contributed by atoms with Crippen LogP contribution < -0.4 is 21.2 Å². The molecule has 3 aromatic rings. The molecule has 0 aliphatic carbocycles. The van der Waals surface area contributed by atoms with Crippen LogP contribution in [0.1, 0.15) is 0 Å². The van der Waals surface area contributed by atoms with Gasteiger partial charge in [-0.3, -0.25) is 0 Å². The standard InChI is InChI=1S/C14H10IN2/c1-6-13(15-11-4-2-8-16-10-11)12-5-3-9-17-14(12)7-1/h1-10H/q-1. The number of fused-ring (bicyclic) bond motifs is 1. The van der Waals surface area contributed by atoms with Crippen LogP contribution in [0.25, 0.3) is 10.9 Å².